The van der Waals surface area contributed by atoms with E-state index in [0.29, 0.717) is 0 Å². The van der Waals surface area contributed by atoms with Crippen LogP contribution in [0.25, 0.3) is 0 Å². The number of ether oxygens (including phenoxy) is 1. The predicted molar refractivity (Wildman–Crippen MR) is 120 cm³/mol. The van der Waals surface area contributed by atoms with Crippen LogP contribution in [0.1, 0.15) is 28.8 Å². The van der Waals surface area contributed by atoms with E-state index in [1.165, 1.54) is 16.7 Å². The highest BCUT2D eigenvalue weighted by Crippen LogP contribution is 2.38. The lowest BCUT2D eigenvalue weighted by Crippen LogP contribution is -2.22. The fourth-order valence-electron chi connectivity index (χ4n) is 3.25. The Labute approximate surface area is 176 Å². The van der Waals surface area contributed by atoms with E-state index in [2.05, 4.69) is 72.0 Å². The number of thioether (sulfide) groups is 1. The molecule has 0 amide bonds. The zero-order chi connectivity index (χ0) is 18.5. The summed E-state index contributed by atoms with van der Waals surface area (Å²) < 4.78 is 5.23. The maximum Gasteiger partial charge on any atom is 0.158 e. The van der Waals surface area contributed by atoms with E-state index in [-0.39, 0.29) is 24.5 Å². The van der Waals surface area contributed by atoms with Crippen LogP contribution in [0.5, 0.6) is 5.75 Å². The maximum absolute atomic E-state index is 5.23. The Kier molecular flexibility index (Phi) is 7.01. The molecule has 144 valence electrons. The van der Waals surface area contributed by atoms with Crippen LogP contribution in [0.15, 0.2) is 89.9 Å². The van der Waals surface area contributed by atoms with Gasteiger partial charge in [-0.05, 0) is 28.8 Å². The van der Waals surface area contributed by atoms with Gasteiger partial charge in [0.15, 0.2) is 5.17 Å². The highest BCUT2D eigenvalue weighted by atomic mass is 35.5. The summed E-state index contributed by atoms with van der Waals surface area (Å²) in [5, 5.41) is 4.63. The quantitative estimate of drug-likeness (QED) is 0.577. The first-order valence-corrected chi connectivity index (χ1v) is 10.0. The molecule has 3 aromatic rings. The molecule has 0 aromatic heterocycles. The summed E-state index contributed by atoms with van der Waals surface area (Å²) in [5.74, 6) is 1.76. The van der Waals surface area contributed by atoms with Crippen LogP contribution in [0.3, 0.4) is 0 Å². The Balaban J connectivity index is 0.00000225. The molecule has 1 aliphatic heterocycles. The second-order valence-corrected chi connectivity index (χ2v) is 7.42. The van der Waals surface area contributed by atoms with E-state index in [1.54, 1.807) is 18.9 Å². The lowest BCUT2D eigenvalue weighted by Gasteiger charge is -2.19. The Hall–Kier alpha value is -2.43. The Morgan fingerprint density at radius 3 is 2.07 bits per heavy atom. The number of rotatable bonds is 5. The third-order valence-electron chi connectivity index (χ3n) is 4.69. The van der Waals surface area contributed by atoms with Gasteiger partial charge in [0.1, 0.15) is 11.8 Å². The van der Waals surface area contributed by atoms with Crippen molar-refractivity contribution >= 4 is 29.3 Å². The number of nitrogens with one attached hydrogen (secondary N) is 1. The number of aliphatic imine (C=N–C) groups is 1. The summed E-state index contributed by atoms with van der Waals surface area (Å²) >= 11 is 1.75. The second kappa shape index (κ2) is 9.67. The number of methoxy groups -OCH3 is 1. The van der Waals surface area contributed by atoms with Gasteiger partial charge in [-0.1, -0.05) is 84.6 Å². The molecule has 0 aliphatic carbocycles. The van der Waals surface area contributed by atoms with Crippen molar-refractivity contribution in [2.24, 2.45) is 4.99 Å². The van der Waals surface area contributed by atoms with Gasteiger partial charge in [0.25, 0.3) is 0 Å². The average Bonchev–Trinajstić information content (AvgIpc) is 3.18. The van der Waals surface area contributed by atoms with Gasteiger partial charge in [0.2, 0.25) is 0 Å². The van der Waals surface area contributed by atoms with E-state index in [1.807, 2.05) is 18.2 Å². The van der Waals surface area contributed by atoms with E-state index in [4.69, 9.17) is 9.73 Å². The first-order valence-electron chi connectivity index (χ1n) is 9.03. The molecule has 2 unspecified atom stereocenters. The number of hydrogen-bond acceptors (Lipinski definition) is 4. The van der Waals surface area contributed by atoms with Crippen LogP contribution in [0.2, 0.25) is 0 Å². The van der Waals surface area contributed by atoms with E-state index < -0.39 is 0 Å². The van der Waals surface area contributed by atoms with E-state index in [9.17, 15) is 0 Å². The minimum atomic E-state index is 0. The summed E-state index contributed by atoms with van der Waals surface area (Å²) in [6.07, 6.45) is 0. The molecule has 4 rings (SSSR count). The monoisotopic (exact) mass is 410 g/mol. The third-order valence-corrected chi connectivity index (χ3v) is 5.66. The van der Waals surface area contributed by atoms with Gasteiger partial charge in [-0.3, -0.25) is 4.99 Å². The summed E-state index contributed by atoms with van der Waals surface area (Å²) in [7, 11) is 1.69. The molecule has 1 aliphatic rings. The van der Waals surface area contributed by atoms with Crippen molar-refractivity contribution in [3.8, 4) is 5.75 Å². The summed E-state index contributed by atoms with van der Waals surface area (Å²) in [5.41, 5.74) is 3.75. The minimum absolute atomic E-state index is 0. The number of hydrogen-bond donors (Lipinski definition) is 1. The molecular weight excluding hydrogens is 388 g/mol. The lowest BCUT2D eigenvalue weighted by molar-refractivity contribution is 0.414. The molecule has 28 heavy (non-hydrogen) atoms. The Morgan fingerprint density at radius 2 is 1.46 bits per heavy atom. The van der Waals surface area contributed by atoms with Gasteiger partial charge in [-0.15, -0.1) is 12.4 Å². The van der Waals surface area contributed by atoms with Crippen molar-refractivity contribution in [2.45, 2.75) is 17.8 Å². The van der Waals surface area contributed by atoms with Crippen molar-refractivity contribution in [3.05, 3.63) is 102 Å². The van der Waals surface area contributed by atoms with Crippen LogP contribution in [-0.2, 0) is 5.75 Å². The van der Waals surface area contributed by atoms with E-state index in [0.717, 1.165) is 16.7 Å². The largest absolute Gasteiger partial charge is 0.497 e. The molecular formula is C23H23ClN2OS. The fourth-order valence-corrected chi connectivity index (χ4v) is 4.14. The molecule has 0 saturated carbocycles. The van der Waals surface area contributed by atoms with Gasteiger partial charge >= 0.3 is 0 Å². The van der Waals surface area contributed by atoms with Crippen LogP contribution < -0.4 is 10.1 Å². The summed E-state index contributed by atoms with van der Waals surface area (Å²) in [6, 6.07) is 29.5. The molecule has 3 aromatic carbocycles. The summed E-state index contributed by atoms with van der Waals surface area (Å²) in [4.78, 5) is 5.01. The highest BCUT2D eigenvalue weighted by Gasteiger charge is 2.31. The predicted octanol–water partition coefficient (Wildman–Crippen LogP) is 5.79. The van der Waals surface area contributed by atoms with Crippen molar-refractivity contribution in [2.75, 3.05) is 7.11 Å². The van der Waals surface area contributed by atoms with E-state index >= 15 is 0 Å². The number of nitrogens with zero attached hydrogens (tertiary/aromatic N) is 1. The van der Waals surface area contributed by atoms with Gasteiger partial charge < -0.3 is 10.1 Å². The SMILES string of the molecule is COc1ccc(CSC2=NC(c3ccccc3)C(c3ccccc3)N2)cc1.Cl. The molecule has 0 saturated heterocycles. The Morgan fingerprint density at radius 1 is 0.857 bits per heavy atom. The van der Waals surface area contributed by atoms with Gasteiger partial charge in [0.05, 0.1) is 13.2 Å². The molecule has 3 nitrogen and oxygen atoms in total. The van der Waals surface area contributed by atoms with Crippen LogP contribution >= 0.6 is 24.2 Å². The smallest absolute Gasteiger partial charge is 0.158 e. The molecule has 0 radical (unpaired) electrons. The Bertz CT molecular complexity index is 901. The molecule has 5 heteroatoms. The second-order valence-electron chi connectivity index (χ2n) is 6.46. The molecule has 0 bridgehead atoms. The van der Waals surface area contributed by atoms with Gasteiger partial charge in [-0.25, -0.2) is 0 Å². The molecule has 0 spiro atoms. The average molecular weight is 411 g/mol. The first-order chi connectivity index (χ1) is 13.3. The normalized spacial score (nSPS) is 18.0. The maximum atomic E-state index is 5.23. The van der Waals surface area contributed by atoms with Crippen molar-refractivity contribution in [1.82, 2.24) is 5.32 Å². The fraction of sp³-hybridized carbons (Fsp3) is 0.174. The first kappa shape index (κ1) is 20.3. The van der Waals surface area contributed by atoms with Crippen LogP contribution in [0, 0.1) is 0 Å². The van der Waals surface area contributed by atoms with Crippen molar-refractivity contribution in [3.63, 3.8) is 0 Å². The number of amidine groups is 1. The molecule has 1 heterocycles. The zero-order valence-corrected chi connectivity index (χ0v) is 17.2. The van der Waals surface area contributed by atoms with Crippen LogP contribution in [0.4, 0.5) is 0 Å². The number of halogens is 1. The molecule has 0 fully saturated rings. The lowest BCUT2D eigenvalue weighted by atomic mass is 9.95. The summed E-state index contributed by atoms with van der Waals surface area (Å²) in [6.45, 7) is 0. The molecule has 1 N–H and O–H groups in total. The van der Waals surface area contributed by atoms with Crippen molar-refractivity contribution in [1.29, 1.82) is 0 Å². The van der Waals surface area contributed by atoms with Gasteiger partial charge in [-0.2, -0.15) is 0 Å². The topological polar surface area (TPSA) is 33.6 Å². The zero-order valence-electron chi connectivity index (χ0n) is 15.6. The van der Waals surface area contributed by atoms with Gasteiger partial charge in [0, 0.05) is 5.75 Å². The molecule has 2 atom stereocenters. The minimum Gasteiger partial charge on any atom is -0.497 e. The standard InChI is InChI=1S/C23H22N2OS.ClH/c1-26-20-14-12-17(13-15-20)16-27-23-24-21(18-8-4-2-5-9-18)22(25-23)19-10-6-3-7-11-19;/h2-15,21-22H,16H2,1H3,(H,24,25);1H. The third kappa shape index (κ3) is 4.70. The van der Waals surface area contributed by atoms with Crippen LogP contribution in [-0.4, -0.2) is 12.3 Å². The van der Waals surface area contributed by atoms with Crippen molar-refractivity contribution < 1.29 is 4.74 Å². The highest BCUT2D eigenvalue weighted by molar-refractivity contribution is 8.13. The number of benzene rings is 3.